The van der Waals surface area contributed by atoms with Gasteiger partial charge >= 0.3 is 0 Å². The first-order chi connectivity index (χ1) is 9.04. The lowest BCUT2D eigenvalue weighted by molar-refractivity contribution is -0.999. The number of anilines is 1. The molecule has 2 rings (SSSR count). The Morgan fingerprint density at radius 2 is 2.00 bits per heavy atom. The van der Waals surface area contributed by atoms with Gasteiger partial charge in [-0.15, -0.1) is 0 Å². The summed E-state index contributed by atoms with van der Waals surface area (Å²) in [7, 11) is 2.20. The predicted molar refractivity (Wildman–Crippen MR) is 77.0 cm³/mol. The van der Waals surface area contributed by atoms with Crippen LogP contribution < -0.4 is 15.1 Å². The number of quaternary nitrogens is 2. The zero-order valence-electron chi connectivity index (χ0n) is 11.6. The summed E-state index contributed by atoms with van der Waals surface area (Å²) >= 11 is 5.90. The molecule has 0 radical (unpaired) electrons. The maximum Gasteiger partial charge on any atom is 0.279 e. The monoisotopic (exact) mass is 283 g/mol. The lowest BCUT2D eigenvalue weighted by atomic mass is 10.2. The van der Waals surface area contributed by atoms with Crippen molar-refractivity contribution in [3.05, 3.63) is 28.8 Å². The summed E-state index contributed by atoms with van der Waals surface area (Å²) in [6.07, 6.45) is 0. The van der Waals surface area contributed by atoms with Gasteiger partial charge in [0.2, 0.25) is 0 Å². The van der Waals surface area contributed by atoms with Crippen LogP contribution >= 0.6 is 11.6 Å². The molecular formula is C14H22ClN3O+2. The van der Waals surface area contributed by atoms with Crippen LogP contribution in [0.3, 0.4) is 0 Å². The zero-order valence-corrected chi connectivity index (χ0v) is 12.3. The minimum absolute atomic E-state index is 0.0833. The molecule has 3 N–H and O–H groups in total. The van der Waals surface area contributed by atoms with Crippen LogP contribution in [-0.2, 0) is 4.79 Å². The van der Waals surface area contributed by atoms with Crippen molar-refractivity contribution in [2.24, 2.45) is 0 Å². The molecule has 0 aliphatic carbocycles. The van der Waals surface area contributed by atoms with Crippen LogP contribution in [0.1, 0.15) is 5.56 Å². The Morgan fingerprint density at radius 3 is 2.63 bits per heavy atom. The van der Waals surface area contributed by atoms with Gasteiger partial charge in [-0.1, -0.05) is 11.6 Å². The summed E-state index contributed by atoms with van der Waals surface area (Å²) in [5.41, 5.74) is 1.85. The van der Waals surface area contributed by atoms with Gasteiger partial charge in [0.05, 0.1) is 7.05 Å². The van der Waals surface area contributed by atoms with E-state index < -0.39 is 0 Å². The molecule has 0 bridgehead atoms. The fourth-order valence-corrected chi connectivity index (χ4v) is 2.62. The molecule has 19 heavy (non-hydrogen) atoms. The highest BCUT2D eigenvalue weighted by atomic mass is 35.5. The highest BCUT2D eigenvalue weighted by Crippen LogP contribution is 2.19. The summed E-state index contributed by atoms with van der Waals surface area (Å²) in [6.45, 7) is 6.92. The molecule has 0 aromatic heterocycles. The van der Waals surface area contributed by atoms with Crippen LogP contribution in [0.2, 0.25) is 5.02 Å². The highest BCUT2D eigenvalue weighted by molar-refractivity contribution is 6.30. The molecule has 1 aliphatic rings. The second-order valence-corrected chi connectivity index (χ2v) is 5.83. The lowest BCUT2D eigenvalue weighted by Gasteiger charge is -2.26. The predicted octanol–water partition coefficient (Wildman–Crippen LogP) is -1.000. The number of benzene rings is 1. The molecule has 1 aromatic carbocycles. The largest absolute Gasteiger partial charge is 0.328 e. The first-order valence-electron chi connectivity index (χ1n) is 6.75. The van der Waals surface area contributed by atoms with Crippen molar-refractivity contribution in [1.29, 1.82) is 0 Å². The van der Waals surface area contributed by atoms with Crippen LogP contribution in [-0.4, -0.2) is 45.7 Å². The average Bonchev–Trinajstić information content (AvgIpc) is 2.36. The fraction of sp³-hybridized carbons (Fsp3) is 0.500. The first kappa shape index (κ1) is 14.3. The maximum atomic E-state index is 12.0. The van der Waals surface area contributed by atoms with E-state index in [-0.39, 0.29) is 5.91 Å². The van der Waals surface area contributed by atoms with Gasteiger partial charge in [-0.2, -0.15) is 0 Å². The maximum absolute atomic E-state index is 12.0. The Kier molecular flexibility index (Phi) is 4.80. The minimum atomic E-state index is 0.0833. The quantitative estimate of drug-likeness (QED) is 0.654. The minimum Gasteiger partial charge on any atom is -0.328 e. The Hall–Kier alpha value is -1.10. The van der Waals surface area contributed by atoms with Crippen molar-refractivity contribution >= 4 is 23.2 Å². The van der Waals surface area contributed by atoms with E-state index in [0.717, 1.165) is 37.4 Å². The molecule has 5 heteroatoms. The van der Waals surface area contributed by atoms with Crippen LogP contribution in [0.5, 0.6) is 0 Å². The normalized spacial score (nSPS) is 23.1. The van der Waals surface area contributed by atoms with E-state index in [1.807, 2.05) is 19.1 Å². The van der Waals surface area contributed by atoms with Crippen molar-refractivity contribution in [2.75, 3.05) is 45.1 Å². The molecule has 104 valence electrons. The summed E-state index contributed by atoms with van der Waals surface area (Å²) < 4.78 is 0. The number of nitrogens with one attached hydrogen (secondary N) is 3. The van der Waals surface area contributed by atoms with Crippen molar-refractivity contribution in [3.8, 4) is 0 Å². The van der Waals surface area contributed by atoms with Crippen LogP contribution in [0, 0.1) is 6.92 Å². The van der Waals surface area contributed by atoms with E-state index in [4.69, 9.17) is 11.6 Å². The Morgan fingerprint density at radius 1 is 1.32 bits per heavy atom. The van der Waals surface area contributed by atoms with E-state index in [1.54, 1.807) is 11.0 Å². The van der Waals surface area contributed by atoms with Gasteiger partial charge in [-0.3, -0.25) is 4.79 Å². The van der Waals surface area contributed by atoms with E-state index in [9.17, 15) is 4.79 Å². The van der Waals surface area contributed by atoms with Crippen molar-refractivity contribution in [3.63, 3.8) is 0 Å². The van der Waals surface area contributed by atoms with Gasteiger partial charge in [0.25, 0.3) is 5.91 Å². The zero-order chi connectivity index (χ0) is 13.8. The van der Waals surface area contributed by atoms with Crippen molar-refractivity contribution in [2.45, 2.75) is 6.92 Å². The molecule has 1 aliphatic heterocycles. The Bertz CT molecular complexity index is 456. The number of hydrogen-bond acceptors (Lipinski definition) is 1. The SMILES string of the molecule is Cc1cc(Cl)ccc1NC(=O)C[NH+]1CC[NH+](C)CC1. The fourth-order valence-electron chi connectivity index (χ4n) is 2.40. The third kappa shape index (κ3) is 4.20. The van der Waals surface area contributed by atoms with Crippen LogP contribution in [0.15, 0.2) is 18.2 Å². The standard InChI is InChI=1S/C14H20ClN3O/c1-11-9-12(15)3-4-13(11)16-14(19)10-18-7-5-17(2)6-8-18/h3-4,9H,5-8,10H2,1-2H3,(H,16,19)/p+2. The van der Waals surface area contributed by atoms with Crippen LogP contribution in [0.25, 0.3) is 0 Å². The van der Waals surface area contributed by atoms with Gasteiger partial charge < -0.3 is 15.1 Å². The van der Waals surface area contributed by atoms with Gasteiger partial charge in [0, 0.05) is 10.7 Å². The number of halogens is 1. The molecule has 1 saturated heterocycles. The smallest absolute Gasteiger partial charge is 0.279 e. The lowest BCUT2D eigenvalue weighted by Crippen LogP contribution is -3.27. The first-order valence-corrected chi connectivity index (χ1v) is 7.13. The molecule has 1 aromatic rings. The molecule has 1 fully saturated rings. The number of rotatable bonds is 3. The molecular weight excluding hydrogens is 262 g/mol. The summed E-state index contributed by atoms with van der Waals surface area (Å²) in [4.78, 5) is 15.0. The van der Waals surface area contributed by atoms with E-state index in [1.165, 1.54) is 4.90 Å². The third-order valence-electron chi connectivity index (χ3n) is 3.68. The molecule has 1 heterocycles. The van der Waals surface area contributed by atoms with E-state index in [2.05, 4.69) is 12.4 Å². The van der Waals surface area contributed by atoms with Gasteiger partial charge in [0.1, 0.15) is 26.2 Å². The van der Waals surface area contributed by atoms with E-state index >= 15 is 0 Å². The number of aryl methyl sites for hydroxylation is 1. The third-order valence-corrected chi connectivity index (χ3v) is 3.92. The van der Waals surface area contributed by atoms with Crippen molar-refractivity contribution in [1.82, 2.24) is 0 Å². The summed E-state index contributed by atoms with van der Waals surface area (Å²) in [5.74, 6) is 0.0833. The molecule has 0 atom stereocenters. The highest BCUT2D eigenvalue weighted by Gasteiger charge is 2.22. The number of hydrogen-bond donors (Lipinski definition) is 3. The number of carbonyl (C=O) groups excluding carboxylic acids is 1. The Balaban J connectivity index is 1.87. The van der Waals surface area contributed by atoms with Crippen molar-refractivity contribution < 1.29 is 14.6 Å². The second kappa shape index (κ2) is 6.37. The number of amides is 1. The number of piperazine rings is 1. The molecule has 0 spiro atoms. The van der Waals surface area contributed by atoms with Crippen LogP contribution in [0.4, 0.5) is 5.69 Å². The molecule has 0 saturated carbocycles. The molecule has 1 amide bonds. The Labute approximate surface area is 119 Å². The molecule has 0 unspecified atom stereocenters. The average molecular weight is 284 g/mol. The van der Waals surface area contributed by atoms with Gasteiger partial charge in [-0.05, 0) is 30.7 Å². The molecule has 4 nitrogen and oxygen atoms in total. The van der Waals surface area contributed by atoms with Gasteiger partial charge in [0.15, 0.2) is 6.54 Å². The summed E-state index contributed by atoms with van der Waals surface area (Å²) in [6, 6.07) is 5.53. The summed E-state index contributed by atoms with van der Waals surface area (Å²) in [5, 5.41) is 3.67. The van der Waals surface area contributed by atoms with E-state index in [0.29, 0.717) is 11.6 Å². The topological polar surface area (TPSA) is 38.0 Å². The number of likely N-dealkylation sites (N-methyl/N-ethyl adjacent to an activating group) is 1. The van der Waals surface area contributed by atoms with Gasteiger partial charge in [-0.25, -0.2) is 0 Å². The second-order valence-electron chi connectivity index (χ2n) is 5.39. The number of carbonyl (C=O) groups is 1.